The number of aromatic nitrogens is 1. The van der Waals surface area contributed by atoms with Gasteiger partial charge in [-0.1, -0.05) is 12.1 Å². The summed E-state index contributed by atoms with van der Waals surface area (Å²) in [6, 6.07) is 9.45. The SMILES string of the molecule is CCOC(=O)/C=C/c1ccc(NC(=O)C2CCN(c3ccc(C(F)(F)F)cn3)CC2)cc1. The first-order valence-electron chi connectivity index (χ1n) is 10.3. The lowest BCUT2D eigenvalue weighted by Gasteiger charge is -2.32. The molecule has 0 atom stereocenters. The van der Waals surface area contributed by atoms with Gasteiger partial charge >= 0.3 is 12.1 Å². The fourth-order valence-corrected chi connectivity index (χ4v) is 3.39. The van der Waals surface area contributed by atoms with E-state index in [1.165, 1.54) is 12.1 Å². The molecule has 1 aromatic heterocycles. The topological polar surface area (TPSA) is 71.5 Å². The number of carbonyl (C=O) groups excluding carboxylic acids is 2. The quantitative estimate of drug-likeness (QED) is 0.520. The molecular weight excluding hydrogens is 423 g/mol. The molecule has 9 heteroatoms. The maximum Gasteiger partial charge on any atom is 0.417 e. The fraction of sp³-hybridized carbons (Fsp3) is 0.348. The van der Waals surface area contributed by atoms with Gasteiger partial charge in [-0.25, -0.2) is 9.78 Å². The van der Waals surface area contributed by atoms with Crippen LogP contribution in [0.5, 0.6) is 0 Å². The number of carbonyl (C=O) groups is 2. The predicted molar refractivity (Wildman–Crippen MR) is 115 cm³/mol. The van der Waals surface area contributed by atoms with E-state index in [0.717, 1.165) is 17.8 Å². The number of anilines is 2. The van der Waals surface area contributed by atoms with Crippen molar-refractivity contribution in [3.63, 3.8) is 0 Å². The maximum atomic E-state index is 12.7. The molecule has 1 N–H and O–H groups in total. The molecule has 0 radical (unpaired) electrons. The van der Waals surface area contributed by atoms with E-state index in [9.17, 15) is 22.8 Å². The fourth-order valence-electron chi connectivity index (χ4n) is 3.39. The van der Waals surface area contributed by atoms with E-state index >= 15 is 0 Å². The monoisotopic (exact) mass is 447 g/mol. The molecule has 3 rings (SSSR count). The lowest BCUT2D eigenvalue weighted by Crippen LogP contribution is -2.38. The number of pyridine rings is 1. The van der Waals surface area contributed by atoms with Crippen LogP contribution in [0.1, 0.15) is 30.9 Å². The Balaban J connectivity index is 1.49. The largest absolute Gasteiger partial charge is 0.463 e. The second-order valence-electron chi connectivity index (χ2n) is 7.36. The van der Waals surface area contributed by atoms with E-state index in [0.29, 0.717) is 44.0 Å². The average molecular weight is 447 g/mol. The van der Waals surface area contributed by atoms with Gasteiger partial charge in [0.1, 0.15) is 5.82 Å². The molecule has 2 aromatic rings. The molecule has 170 valence electrons. The lowest BCUT2D eigenvalue weighted by molar-refractivity contribution is -0.138. The summed E-state index contributed by atoms with van der Waals surface area (Å²) in [4.78, 5) is 29.8. The van der Waals surface area contributed by atoms with Gasteiger partial charge in [0.05, 0.1) is 12.2 Å². The van der Waals surface area contributed by atoms with Crippen molar-refractivity contribution in [2.24, 2.45) is 5.92 Å². The van der Waals surface area contributed by atoms with Crippen molar-refractivity contribution < 1.29 is 27.5 Å². The first-order chi connectivity index (χ1) is 15.3. The van der Waals surface area contributed by atoms with E-state index in [-0.39, 0.29) is 11.8 Å². The molecule has 6 nitrogen and oxygen atoms in total. The summed E-state index contributed by atoms with van der Waals surface area (Å²) < 4.78 is 42.9. The van der Waals surface area contributed by atoms with Gasteiger partial charge in [0.15, 0.2) is 0 Å². The average Bonchev–Trinajstić information content (AvgIpc) is 2.78. The van der Waals surface area contributed by atoms with Gasteiger partial charge in [-0.05, 0) is 55.7 Å². The van der Waals surface area contributed by atoms with Crippen molar-refractivity contribution >= 4 is 29.5 Å². The molecule has 1 aromatic carbocycles. The van der Waals surface area contributed by atoms with Gasteiger partial charge in [0, 0.05) is 37.0 Å². The third kappa shape index (κ3) is 6.32. The number of rotatable bonds is 6. The summed E-state index contributed by atoms with van der Waals surface area (Å²) in [7, 11) is 0. The van der Waals surface area contributed by atoms with Gasteiger partial charge < -0.3 is 15.0 Å². The maximum absolute atomic E-state index is 12.7. The van der Waals surface area contributed by atoms with Gasteiger partial charge in [-0.2, -0.15) is 13.2 Å². The summed E-state index contributed by atoms with van der Waals surface area (Å²) >= 11 is 0. The van der Waals surface area contributed by atoms with Crippen molar-refractivity contribution in [3.05, 3.63) is 59.8 Å². The van der Waals surface area contributed by atoms with Crippen LogP contribution in [0.4, 0.5) is 24.7 Å². The van der Waals surface area contributed by atoms with Crippen molar-refractivity contribution in [1.29, 1.82) is 0 Å². The molecule has 0 aliphatic carbocycles. The first-order valence-corrected chi connectivity index (χ1v) is 10.3. The summed E-state index contributed by atoms with van der Waals surface area (Å²) in [5.74, 6) is -0.227. The minimum Gasteiger partial charge on any atom is -0.463 e. The molecule has 1 saturated heterocycles. The van der Waals surface area contributed by atoms with Gasteiger partial charge in [0.2, 0.25) is 5.91 Å². The van der Waals surface area contributed by atoms with Crippen molar-refractivity contribution in [2.75, 3.05) is 29.9 Å². The number of ether oxygens (including phenoxy) is 1. The standard InChI is InChI=1S/C23H24F3N3O3/c1-2-32-21(30)10-5-16-3-7-19(8-4-16)28-22(31)17-11-13-29(14-12-17)20-9-6-18(15-27-20)23(24,25)26/h3-10,15,17H,2,11-14H2,1H3,(H,28,31)/b10-5+. The van der Waals surface area contributed by atoms with Crippen LogP contribution < -0.4 is 10.2 Å². The highest BCUT2D eigenvalue weighted by Gasteiger charge is 2.31. The molecule has 0 saturated carbocycles. The molecule has 1 amide bonds. The number of amides is 1. The Morgan fingerprint density at radius 3 is 2.41 bits per heavy atom. The van der Waals surface area contributed by atoms with E-state index in [1.54, 1.807) is 37.3 Å². The number of benzene rings is 1. The third-order valence-corrected chi connectivity index (χ3v) is 5.14. The zero-order chi connectivity index (χ0) is 23.1. The number of nitrogens with one attached hydrogen (secondary N) is 1. The lowest BCUT2D eigenvalue weighted by atomic mass is 9.95. The second-order valence-corrected chi connectivity index (χ2v) is 7.36. The highest BCUT2D eigenvalue weighted by atomic mass is 19.4. The minimum absolute atomic E-state index is 0.0974. The molecule has 0 bridgehead atoms. The van der Waals surface area contributed by atoms with Crippen LogP contribution in [0.2, 0.25) is 0 Å². The Labute approximate surface area is 184 Å². The van der Waals surface area contributed by atoms with Crippen LogP contribution in [0.3, 0.4) is 0 Å². The van der Waals surface area contributed by atoms with Gasteiger partial charge in [0.25, 0.3) is 0 Å². The van der Waals surface area contributed by atoms with Crippen LogP contribution in [-0.2, 0) is 20.5 Å². The molecule has 1 aliphatic heterocycles. The highest BCUT2D eigenvalue weighted by molar-refractivity contribution is 5.93. The summed E-state index contributed by atoms with van der Waals surface area (Å²) in [5, 5.41) is 2.89. The van der Waals surface area contributed by atoms with Crippen LogP contribution in [0.25, 0.3) is 6.08 Å². The van der Waals surface area contributed by atoms with Gasteiger partial charge in [-0.3, -0.25) is 4.79 Å². The number of nitrogens with zero attached hydrogens (tertiary/aromatic N) is 2. The van der Waals surface area contributed by atoms with E-state index in [2.05, 4.69) is 10.3 Å². The number of piperidine rings is 1. The smallest absolute Gasteiger partial charge is 0.417 e. The molecule has 2 heterocycles. The zero-order valence-corrected chi connectivity index (χ0v) is 17.6. The summed E-state index contributed by atoms with van der Waals surface area (Å²) in [5.41, 5.74) is 0.668. The zero-order valence-electron chi connectivity index (χ0n) is 17.6. The minimum atomic E-state index is -4.41. The Morgan fingerprint density at radius 1 is 1.16 bits per heavy atom. The van der Waals surface area contributed by atoms with Crippen molar-refractivity contribution in [1.82, 2.24) is 4.98 Å². The highest BCUT2D eigenvalue weighted by Crippen LogP contribution is 2.30. The Hall–Kier alpha value is -3.36. The number of esters is 1. The van der Waals surface area contributed by atoms with Crippen LogP contribution in [0, 0.1) is 5.92 Å². The molecule has 0 unspecified atom stereocenters. The molecule has 0 spiro atoms. The number of halogens is 3. The van der Waals surface area contributed by atoms with Crippen molar-refractivity contribution in [2.45, 2.75) is 25.9 Å². The molecule has 1 fully saturated rings. The Kier molecular flexibility index (Phi) is 7.50. The van der Waals surface area contributed by atoms with Gasteiger partial charge in [-0.15, -0.1) is 0 Å². The number of hydrogen-bond donors (Lipinski definition) is 1. The van der Waals surface area contributed by atoms with E-state index < -0.39 is 17.7 Å². The van der Waals surface area contributed by atoms with Crippen LogP contribution >= 0.6 is 0 Å². The first kappa shape index (κ1) is 23.3. The molecular formula is C23H24F3N3O3. The second kappa shape index (κ2) is 10.3. The van der Waals surface area contributed by atoms with Crippen molar-refractivity contribution in [3.8, 4) is 0 Å². The third-order valence-electron chi connectivity index (χ3n) is 5.14. The van der Waals surface area contributed by atoms with E-state index in [1.807, 2.05) is 4.90 Å². The van der Waals surface area contributed by atoms with Crippen LogP contribution in [-0.4, -0.2) is 36.6 Å². The normalized spacial score (nSPS) is 15.1. The number of alkyl halides is 3. The Bertz CT molecular complexity index is 949. The number of hydrogen-bond acceptors (Lipinski definition) is 5. The Morgan fingerprint density at radius 2 is 1.84 bits per heavy atom. The molecule has 1 aliphatic rings. The van der Waals surface area contributed by atoms with Crippen LogP contribution in [0.15, 0.2) is 48.7 Å². The predicted octanol–water partition coefficient (Wildman–Crippen LogP) is 4.53. The summed E-state index contributed by atoms with van der Waals surface area (Å²) in [6.45, 7) is 3.12. The summed E-state index contributed by atoms with van der Waals surface area (Å²) in [6.07, 6.45) is 0.556. The molecule has 32 heavy (non-hydrogen) atoms. The van der Waals surface area contributed by atoms with E-state index in [4.69, 9.17) is 4.74 Å².